The molecule has 4 heteroatoms. The molecule has 1 N–H and O–H groups in total. The highest BCUT2D eigenvalue weighted by molar-refractivity contribution is 5.83. The molecular formula is C19H21NO3. The van der Waals surface area contributed by atoms with E-state index in [-0.39, 0.29) is 6.04 Å². The lowest BCUT2D eigenvalue weighted by atomic mass is 10.2. The Bertz CT molecular complexity index is 777. The van der Waals surface area contributed by atoms with Crippen LogP contribution in [0.1, 0.15) is 24.3 Å². The smallest absolute Gasteiger partial charge is 0.176 e. The van der Waals surface area contributed by atoms with E-state index in [1.54, 1.807) is 14.2 Å². The summed E-state index contributed by atoms with van der Waals surface area (Å²) in [6, 6.07) is 16.1. The maximum absolute atomic E-state index is 5.97. The average Bonchev–Trinajstić information content (AvgIpc) is 3.04. The molecule has 1 aromatic heterocycles. The Kier molecular flexibility index (Phi) is 4.53. The first-order valence-electron chi connectivity index (χ1n) is 7.64. The fraction of sp³-hybridized carbons (Fsp3) is 0.263. The Balaban J connectivity index is 1.71. The lowest BCUT2D eigenvalue weighted by molar-refractivity contribution is 0.399. The van der Waals surface area contributed by atoms with Gasteiger partial charge in [0.25, 0.3) is 0 Å². The molecule has 0 saturated heterocycles. The zero-order chi connectivity index (χ0) is 16.2. The van der Waals surface area contributed by atoms with Gasteiger partial charge in [0.05, 0.1) is 20.3 Å². The van der Waals surface area contributed by atoms with Crippen LogP contribution in [0, 0.1) is 0 Å². The van der Waals surface area contributed by atoms with E-state index in [4.69, 9.17) is 13.9 Å². The van der Waals surface area contributed by atoms with Gasteiger partial charge in [-0.1, -0.05) is 24.3 Å². The summed E-state index contributed by atoms with van der Waals surface area (Å²) in [6.45, 7) is 2.85. The van der Waals surface area contributed by atoms with Gasteiger partial charge in [-0.25, -0.2) is 0 Å². The fourth-order valence-corrected chi connectivity index (χ4v) is 2.55. The van der Waals surface area contributed by atoms with Crippen LogP contribution < -0.4 is 14.8 Å². The molecule has 0 fully saturated rings. The fourth-order valence-electron chi connectivity index (χ4n) is 2.55. The molecule has 1 atom stereocenters. The molecule has 23 heavy (non-hydrogen) atoms. The summed E-state index contributed by atoms with van der Waals surface area (Å²) < 4.78 is 16.5. The lowest BCUT2D eigenvalue weighted by Gasteiger charge is -2.11. The van der Waals surface area contributed by atoms with Crippen LogP contribution in [0.15, 0.2) is 52.9 Å². The third kappa shape index (κ3) is 3.32. The minimum absolute atomic E-state index is 0.106. The predicted molar refractivity (Wildman–Crippen MR) is 91.0 cm³/mol. The molecule has 0 aliphatic rings. The van der Waals surface area contributed by atoms with Crippen LogP contribution in [0.25, 0.3) is 11.0 Å². The van der Waals surface area contributed by atoms with Crippen molar-refractivity contribution in [2.45, 2.75) is 19.5 Å². The molecule has 0 aliphatic carbocycles. The van der Waals surface area contributed by atoms with Crippen LogP contribution in [0.3, 0.4) is 0 Å². The van der Waals surface area contributed by atoms with E-state index in [1.165, 1.54) is 5.56 Å². The van der Waals surface area contributed by atoms with Crippen LogP contribution in [0.2, 0.25) is 0 Å². The number of benzene rings is 2. The maximum atomic E-state index is 5.97. The van der Waals surface area contributed by atoms with E-state index in [0.717, 1.165) is 34.8 Å². The molecule has 3 rings (SSSR count). The van der Waals surface area contributed by atoms with Crippen molar-refractivity contribution in [3.8, 4) is 11.5 Å². The zero-order valence-corrected chi connectivity index (χ0v) is 13.6. The highest BCUT2D eigenvalue weighted by atomic mass is 16.5. The summed E-state index contributed by atoms with van der Waals surface area (Å²) in [5.41, 5.74) is 1.99. The van der Waals surface area contributed by atoms with Crippen LogP contribution in [0.4, 0.5) is 0 Å². The van der Waals surface area contributed by atoms with Crippen LogP contribution in [-0.4, -0.2) is 14.2 Å². The van der Waals surface area contributed by atoms with Gasteiger partial charge in [0, 0.05) is 11.9 Å². The SMILES string of the molecule is COc1ccc(CNC(C)c2cc3cccc(OC)c3o2)cc1. The number of hydrogen-bond donors (Lipinski definition) is 1. The number of ether oxygens (including phenoxy) is 2. The third-order valence-electron chi connectivity index (χ3n) is 3.95. The molecule has 4 nitrogen and oxygen atoms in total. The number of methoxy groups -OCH3 is 2. The van der Waals surface area contributed by atoms with Gasteiger partial charge in [0.2, 0.25) is 0 Å². The minimum atomic E-state index is 0.106. The Morgan fingerprint density at radius 2 is 1.83 bits per heavy atom. The van der Waals surface area contributed by atoms with E-state index in [2.05, 4.69) is 30.4 Å². The van der Waals surface area contributed by atoms with Gasteiger partial charge < -0.3 is 19.2 Å². The van der Waals surface area contributed by atoms with Crippen LogP contribution >= 0.6 is 0 Å². The van der Waals surface area contributed by atoms with E-state index >= 15 is 0 Å². The molecular weight excluding hydrogens is 290 g/mol. The largest absolute Gasteiger partial charge is 0.497 e. The highest BCUT2D eigenvalue weighted by Crippen LogP contribution is 2.30. The molecule has 1 unspecified atom stereocenters. The van der Waals surface area contributed by atoms with E-state index < -0.39 is 0 Å². The van der Waals surface area contributed by atoms with Crippen molar-refractivity contribution in [1.29, 1.82) is 0 Å². The molecule has 0 aliphatic heterocycles. The highest BCUT2D eigenvalue weighted by Gasteiger charge is 2.13. The molecule has 1 heterocycles. The van der Waals surface area contributed by atoms with Gasteiger partial charge in [-0.05, 0) is 36.8 Å². The van der Waals surface area contributed by atoms with Crippen LogP contribution in [-0.2, 0) is 6.54 Å². The van der Waals surface area contributed by atoms with Gasteiger partial charge >= 0.3 is 0 Å². The number of nitrogens with one attached hydrogen (secondary N) is 1. The Morgan fingerprint density at radius 3 is 2.52 bits per heavy atom. The van der Waals surface area contributed by atoms with Crippen LogP contribution in [0.5, 0.6) is 11.5 Å². The normalized spacial score (nSPS) is 12.3. The van der Waals surface area contributed by atoms with Gasteiger partial charge in [0.15, 0.2) is 11.3 Å². The van der Waals surface area contributed by atoms with Crippen molar-refractivity contribution in [2.75, 3.05) is 14.2 Å². The monoisotopic (exact) mass is 311 g/mol. The molecule has 0 saturated carbocycles. The number of furan rings is 1. The van der Waals surface area contributed by atoms with E-state index in [9.17, 15) is 0 Å². The number of rotatable bonds is 6. The lowest BCUT2D eigenvalue weighted by Crippen LogP contribution is -2.17. The van der Waals surface area contributed by atoms with E-state index in [0.29, 0.717) is 0 Å². The first-order valence-corrected chi connectivity index (χ1v) is 7.64. The first-order chi connectivity index (χ1) is 11.2. The van der Waals surface area contributed by atoms with Crippen molar-refractivity contribution >= 4 is 11.0 Å². The minimum Gasteiger partial charge on any atom is -0.497 e. The second kappa shape index (κ2) is 6.75. The standard InChI is InChI=1S/C19H21NO3/c1-13(20-12-14-7-9-16(21-2)10-8-14)18-11-15-5-4-6-17(22-3)19(15)23-18/h4-11,13,20H,12H2,1-3H3. The molecule has 0 radical (unpaired) electrons. The van der Waals surface area contributed by atoms with Gasteiger partial charge in [0.1, 0.15) is 11.5 Å². The van der Waals surface area contributed by atoms with Crippen molar-refractivity contribution in [3.63, 3.8) is 0 Å². The summed E-state index contributed by atoms with van der Waals surface area (Å²) >= 11 is 0. The van der Waals surface area contributed by atoms with E-state index in [1.807, 2.05) is 30.3 Å². The quantitative estimate of drug-likeness (QED) is 0.737. The number of hydrogen-bond acceptors (Lipinski definition) is 4. The Labute approximate surface area is 136 Å². The molecule has 0 bridgehead atoms. The summed E-state index contributed by atoms with van der Waals surface area (Å²) in [7, 11) is 3.33. The summed E-state index contributed by atoms with van der Waals surface area (Å²) in [5, 5.41) is 4.53. The average molecular weight is 311 g/mol. The summed E-state index contributed by atoms with van der Waals surface area (Å²) in [5.74, 6) is 2.53. The van der Waals surface area contributed by atoms with Crippen molar-refractivity contribution in [2.24, 2.45) is 0 Å². The van der Waals surface area contributed by atoms with Crippen molar-refractivity contribution in [3.05, 3.63) is 59.9 Å². The van der Waals surface area contributed by atoms with Gasteiger partial charge in [-0.15, -0.1) is 0 Å². The molecule has 2 aromatic carbocycles. The molecule has 120 valence electrons. The predicted octanol–water partition coefficient (Wildman–Crippen LogP) is 4.30. The summed E-state index contributed by atoms with van der Waals surface area (Å²) in [6.07, 6.45) is 0. The molecule has 0 amide bonds. The Morgan fingerprint density at radius 1 is 1.04 bits per heavy atom. The van der Waals surface area contributed by atoms with Gasteiger partial charge in [-0.2, -0.15) is 0 Å². The summed E-state index contributed by atoms with van der Waals surface area (Å²) in [4.78, 5) is 0. The van der Waals surface area contributed by atoms with Crippen molar-refractivity contribution < 1.29 is 13.9 Å². The first kappa shape index (κ1) is 15.4. The van der Waals surface area contributed by atoms with Crippen molar-refractivity contribution in [1.82, 2.24) is 5.32 Å². The molecule has 0 spiro atoms. The molecule has 3 aromatic rings. The number of fused-ring (bicyclic) bond motifs is 1. The third-order valence-corrected chi connectivity index (χ3v) is 3.95. The maximum Gasteiger partial charge on any atom is 0.176 e. The van der Waals surface area contributed by atoms with Gasteiger partial charge in [-0.3, -0.25) is 0 Å². The Hall–Kier alpha value is -2.46. The number of para-hydroxylation sites is 1. The zero-order valence-electron chi connectivity index (χ0n) is 13.6. The second-order valence-electron chi connectivity index (χ2n) is 5.48. The second-order valence-corrected chi connectivity index (χ2v) is 5.48. The topological polar surface area (TPSA) is 43.6 Å².